The molecule has 3 rings (SSSR count). The molecule has 28 heavy (non-hydrogen) atoms. The second-order valence-electron chi connectivity index (χ2n) is 7.83. The predicted octanol–water partition coefficient (Wildman–Crippen LogP) is 4.17. The topological polar surface area (TPSA) is 90.5 Å². The van der Waals surface area contributed by atoms with Gasteiger partial charge < -0.3 is 9.64 Å². The summed E-state index contributed by atoms with van der Waals surface area (Å²) in [6.45, 7) is 6.61. The number of likely N-dealkylation sites (tertiary alicyclic amines) is 1. The molecule has 2 aromatic rings. The SMILES string of the molecule is CC(C)(C)OC(=O)N1CCC(n2cc(-c3ccc([N+](=O)[O-])cc3F)cn2)CC1. The van der Waals surface area contributed by atoms with Crippen molar-refractivity contribution in [3.8, 4) is 11.1 Å². The van der Waals surface area contributed by atoms with E-state index in [1.165, 1.54) is 12.1 Å². The Morgan fingerprint density at radius 1 is 1.32 bits per heavy atom. The standard InChI is InChI=1S/C19H23FN4O4/c1-19(2,3)28-18(25)22-8-6-14(7-9-22)23-12-13(11-21-23)16-5-4-15(24(26)27)10-17(16)20/h4-5,10-12,14H,6-9H2,1-3H3. The van der Waals surface area contributed by atoms with Gasteiger partial charge in [0.15, 0.2) is 0 Å². The quantitative estimate of drug-likeness (QED) is 0.579. The van der Waals surface area contributed by atoms with Gasteiger partial charge in [-0.25, -0.2) is 9.18 Å². The first kappa shape index (κ1) is 19.8. The van der Waals surface area contributed by atoms with Crippen LogP contribution >= 0.6 is 0 Å². The van der Waals surface area contributed by atoms with E-state index < -0.39 is 16.3 Å². The Kier molecular flexibility index (Phi) is 5.35. The highest BCUT2D eigenvalue weighted by Gasteiger charge is 2.28. The molecule has 1 saturated heterocycles. The van der Waals surface area contributed by atoms with E-state index in [4.69, 9.17) is 4.74 Å². The summed E-state index contributed by atoms with van der Waals surface area (Å²) in [6.07, 6.45) is 4.38. The fraction of sp³-hybridized carbons (Fsp3) is 0.474. The van der Waals surface area contributed by atoms with Crippen molar-refractivity contribution in [2.24, 2.45) is 0 Å². The number of hydrogen-bond donors (Lipinski definition) is 0. The fourth-order valence-electron chi connectivity index (χ4n) is 3.17. The molecule has 9 heteroatoms. The third kappa shape index (κ3) is 4.47. The first-order chi connectivity index (χ1) is 13.1. The highest BCUT2D eigenvalue weighted by atomic mass is 19.1. The number of nitro groups is 1. The fourth-order valence-corrected chi connectivity index (χ4v) is 3.17. The number of halogens is 1. The van der Waals surface area contributed by atoms with Crippen molar-refractivity contribution in [3.05, 3.63) is 46.5 Å². The van der Waals surface area contributed by atoms with E-state index >= 15 is 0 Å². The number of nitrogens with zero attached hydrogens (tertiary/aromatic N) is 4. The molecule has 0 N–H and O–H groups in total. The summed E-state index contributed by atoms with van der Waals surface area (Å²) < 4.78 is 21.4. The summed E-state index contributed by atoms with van der Waals surface area (Å²) in [5, 5.41) is 15.1. The highest BCUT2D eigenvalue weighted by Crippen LogP contribution is 2.29. The lowest BCUT2D eigenvalue weighted by Crippen LogP contribution is -2.42. The Labute approximate surface area is 162 Å². The molecule has 0 bridgehead atoms. The lowest BCUT2D eigenvalue weighted by atomic mass is 10.1. The van der Waals surface area contributed by atoms with Gasteiger partial charge in [-0.1, -0.05) is 0 Å². The molecular weight excluding hydrogens is 367 g/mol. The molecule has 1 aromatic carbocycles. The maximum Gasteiger partial charge on any atom is 0.410 e. The molecule has 0 atom stereocenters. The van der Waals surface area contributed by atoms with E-state index in [2.05, 4.69) is 5.10 Å². The van der Waals surface area contributed by atoms with Crippen LogP contribution in [-0.4, -0.2) is 44.4 Å². The minimum Gasteiger partial charge on any atom is -0.444 e. The van der Waals surface area contributed by atoms with Gasteiger partial charge in [0.25, 0.3) is 5.69 Å². The van der Waals surface area contributed by atoms with Crippen LogP contribution in [-0.2, 0) is 4.74 Å². The van der Waals surface area contributed by atoms with Crippen LogP contribution in [0.5, 0.6) is 0 Å². The Morgan fingerprint density at radius 2 is 2.00 bits per heavy atom. The third-order valence-electron chi connectivity index (χ3n) is 4.57. The lowest BCUT2D eigenvalue weighted by molar-refractivity contribution is -0.385. The second-order valence-corrected chi connectivity index (χ2v) is 7.83. The van der Waals surface area contributed by atoms with Gasteiger partial charge >= 0.3 is 6.09 Å². The van der Waals surface area contributed by atoms with Gasteiger partial charge in [0.1, 0.15) is 11.4 Å². The molecule has 1 aromatic heterocycles. The zero-order valence-electron chi connectivity index (χ0n) is 16.1. The Bertz CT molecular complexity index is 882. The number of carbonyl (C=O) groups excluding carboxylic acids is 1. The molecule has 0 radical (unpaired) electrons. The maximum absolute atomic E-state index is 14.2. The van der Waals surface area contributed by atoms with E-state index in [-0.39, 0.29) is 23.4 Å². The Hall–Kier alpha value is -2.97. The number of carbonyl (C=O) groups is 1. The molecule has 0 saturated carbocycles. The van der Waals surface area contributed by atoms with E-state index in [9.17, 15) is 19.3 Å². The largest absolute Gasteiger partial charge is 0.444 e. The minimum absolute atomic E-state index is 0.0912. The van der Waals surface area contributed by atoms with Crippen LogP contribution in [0.3, 0.4) is 0 Å². The summed E-state index contributed by atoms with van der Waals surface area (Å²) >= 11 is 0. The van der Waals surface area contributed by atoms with Crippen molar-refractivity contribution < 1.29 is 18.8 Å². The number of ether oxygens (including phenoxy) is 1. The van der Waals surface area contributed by atoms with Crippen molar-refractivity contribution in [1.82, 2.24) is 14.7 Å². The summed E-state index contributed by atoms with van der Waals surface area (Å²) in [5.41, 5.74) is 0.00721. The molecule has 1 fully saturated rings. The number of rotatable bonds is 3. The first-order valence-corrected chi connectivity index (χ1v) is 9.10. The van der Waals surface area contributed by atoms with Gasteiger partial charge in [0.2, 0.25) is 0 Å². The second kappa shape index (κ2) is 7.57. The zero-order chi connectivity index (χ0) is 20.5. The third-order valence-corrected chi connectivity index (χ3v) is 4.57. The number of hydrogen-bond acceptors (Lipinski definition) is 5. The predicted molar refractivity (Wildman–Crippen MR) is 100 cm³/mol. The van der Waals surface area contributed by atoms with E-state index in [1.54, 1.807) is 22.0 Å². The molecule has 1 amide bonds. The first-order valence-electron chi connectivity index (χ1n) is 9.10. The molecule has 1 aliphatic heterocycles. The molecule has 0 unspecified atom stereocenters. The summed E-state index contributed by atoms with van der Waals surface area (Å²) in [5.74, 6) is -0.659. The highest BCUT2D eigenvalue weighted by molar-refractivity contribution is 5.68. The molecule has 0 aliphatic carbocycles. The van der Waals surface area contributed by atoms with Gasteiger partial charge in [0, 0.05) is 36.5 Å². The smallest absolute Gasteiger partial charge is 0.410 e. The van der Waals surface area contributed by atoms with Gasteiger partial charge in [0.05, 0.1) is 23.2 Å². The minimum atomic E-state index is -0.659. The zero-order valence-corrected chi connectivity index (χ0v) is 16.1. The number of non-ortho nitro benzene ring substituents is 1. The van der Waals surface area contributed by atoms with Gasteiger partial charge in [-0.05, 0) is 39.7 Å². The van der Waals surface area contributed by atoms with Crippen molar-refractivity contribution >= 4 is 11.8 Å². The number of benzene rings is 1. The van der Waals surface area contributed by atoms with Crippen LogP contribution in [0.4, 0.5) is 14.9 Å². The van der Waals surface area contributed by atoms with Gasteiger partial charge in [-0.2, -0.15) is 5.10 Å². The van der Waals surface area contributed by atoms with Crippen LogP contribution < -0.4 is 0 Å². The van der Waals surface area contributed by atoms with Crippen LogP contribution in [0, 0.1) is 15.9 Å². The number of amides is 1. The van der Waals surface area contributed by atoms with E-state index in [0.717, 1.165) is 6.07 Å². The van der Waals surface area contributed by atoms with Gasteiger partial charge in [-0.3, -0.25) is 14.8 Å². The van der Waals surface area contributed by atoms with Gasteiger partial charge in [-0.15, -0.1) is 0 Å². The van der Waals surface area contributed by atoms with E-state index in [1.807, 2.05) is 20.8 Å². The molecule has 2 heterocycles. The maximum atomic E-state index is 14.2. The molecule has 150 valence electrons. The van der Waals surface area contributed by atoms with E-state index in [0.29, 0.717) is 31.5 Å². The van der Waals surface area contributed by atoms with Crippen molar-refractivity contribution in [2.75, 3.05) is 13.1 Å². The molecular formula is C19H23FN4O4. The van der Waals surface area contributed by atoms with Crippen LogP contribution in [0.15, 0.2) is 30.6 Å². The molecule has 1 aliphatic rings. The van der Waals surface area contributed by atoms with Crippen molar-refractivity contribution in [2.45, 2.75) is 45.3 Å². The Balaban J connectivity index is 1.66. The monoisotopic (exact) mass is 390 g/mol. The lowest BCUT2D eigenvalue weighted by Gasteiger charge is -2.33. The summed E-state index contributed by atoms with van der Waals surface area (Å²) in [7, 11) is 0. The number of piperidine rings is 1. The summed E-state index contributed by atoms with van der Waals surface area (Å²) in [4.78, 5) is 24.0. The van der Waals surface area contributed by atoms with Crippen molar-refractivity contribution in [3.63, 3.8) is 0 Å². The van der Waals surface area contributed by atoms with Crippen molar-refractivity contribution in [1.29, 1.82) is 0 Å². The number of nitro benzene ring substituents is 1. The number of aromatic nitrogens is 2. The van der Waals surface area contributed by atoms with Crippen LogP contribution in [0.2, 0.25) is 0 Å². The molecule has 0 spiro atoms. The summed E-state index contributed by atoms with van der Waals surface area (Å²) in [6, 6.07) is 3.66. The average Bonchev–Trinajstić information content (AvgIpc) is 3.10. The molecule has 8 nitrogen and oxygen atoms in total. The Morgan fingerprint density at radius 3 is 2.57 bits per heavy atom. The van der Waals surface area contributed by atoms with Crippen LogP contribution in [0.1, 0.15) is 39.7 Å². The average molecular weight is 390 g/mol. The van der Waals surface area contributed by atoms with Crippen LogP contribution in [0.25, 0.3) is 11.1 Å². The normalized spacial score (nSPS) is 15.5.